The number of ketones is 1. The maximum atomic E-state index is 12.0. The van der Waals surface area contributed by atoms with Gasteiger partial charge in [-0.05, 0) is 96.5 Å². The predicted molar refractivity (Wildman–Crippen MR) is 198 cm³/mol. The zero-order chi connectivity index (χ0) is 41.8. The molecule has 0 N–H and O–H groups in total. The molecule has 5 aromatic rings. The van der Waals surface area contributed by atoms with Gasteiger partial charge in [-0.15, -0.1) is 4.79 Å². The van der Waals surface area contributed by atoms with Crippen molar-refractivity contribution in [1.82, 2.24) is 0 Å². The summed E-state index contributed by atoms with van der Waals surface area (Å²) in [4.78, 5) is 32.4. The van der Waals surface area contributed by atoms with Crippen LogP contribution in [0.1, 0.15) is 31.8 Å². The van der Waals surface area contributed by atoms with Gasteiger partial charge in [0.05, 0.1) is 17.2 Å². The summed E-state index contributed by atoms with van der Waals surface area (Å²) < 4.78 is 99.1. The van der Waals surface area contributed by atoms with Crippen molar-refractivity contribution in [3.05, 3.63) is 175 Å². The molecular formula is C33H21Cl6F11O3Sb2. The SMILES string of the molecule is Clc1ccccc1.O=C(Cl)c1ccc(Cl)cc1.O=C(c1ccc(Cl)cc1)c1ccc(Cl)cc1.O=[C+]c1ccc(Cl)cc1.[F-].[F][Sb]([F])([F])([F])[F].[F][Sb]([F])([F])([F])[F]. The van der Waals surface area contributed by atoms with Crippen LogP contribution in [0.3, 0.4) is 0 Å². The zero-order valence-electron chi connectivity index (χ0n) is 26.7. The van der Waals surface area contributed by atoms with E-state index in [0.29, 0.717) is 42.3 Å². The molecule has 5 rings (SSSR count). The molecule has 22 heteroatoms. The molecule has 0 aliphatic rings. The number of carbonyl (C=O) groups excluding carboxylic acids is 3. The Kier molecular flexibility index (Phi) is 25.0. The topological polar surface area (TPSA) is 51.2 Å². The third-order valence-corrected chi connectivity index (χ3v) is 6.46. The molecule has 0 saturated carbocycles. The fourth-order valence-corrected chi connectivity index (χ4v) is 3.66. The van der Waals surface area contributed by atoms with Crippen LogP contribution in [-0.2, 0) is 4.79 Å². The van der Waals surface area contributed by atoms with Crippen molar-refractivity contribution < 1.29 is 47.2 Å². The Labute approximate surface area is 346 Å². The van der Waals surface area contributed by atoms with Crippen LogP contribution in [0.4, 0.5) is 28.1 Å². The molecule has 0 aromatic heterocycles. The molecule has 0 aliphatic heterocycles. The van der Waals surface area contributed by atoms with Crippen LogP contribution in [0.15, 0.2) is 127 Å². The fourth-order valence-electron chi connectivity index (χ4n) is 2.88. The minimum atomic E-state index is -9.19. The van der Waals surface area contributed by atoms with E-state index in [4.69, 9.17) is 69.6 Å². The number of rotatable bonds is 4. The standard InChI is InChI=1S/C13H8Cl2O.C7H4Cl2O.C7H4ClO.C6H5Cl.11FH.2Sb/c14-11-5-1-9(2-6-11)13(16)10-3-7-12(15)8-4-10;8-6-3-1-5(2-4-6)7(9)10;8-7-3-1-6(5-9)2-4-7;7-6-4-2-1-3-5-6;;;;;;;;;;;;;/h1-8H;1-4H;1-4H;1-5H;11*1H;;/q;;+1;;;;;;;;;;;;;2*+5/p-11. The minimum absolute atomic E-state index is 0. The number of hydrogen-bond donors (Lipinski definition) is 0. The second-order valence-corrected chi connectivity index (χ2v) is 19.1. The van der Waals surface area contributed by atoms with Gasteiger partial charge >= 0.3 is 75.0 Å². The first-order valence-corrected chi connectivity index (χ1v) is 25.5. The quantitative estimate of drug-likeness (QED) is 0.0592. The van der Waals surface area contributed by atoms with Crippen LogP contribution < -0.4 is 4.70 Å². The monoisotopic (exact) mass is 1130 g/mol. The van der Waals surface area contributed by atoms with Crippen molar-refractivity contribution in [2.75, 3.05) is 0 Å². The molecule has 0 saturated heterocycles. The average molecular weight is 1130 g/mol. The summed E-state index contributed by atoms with van der Waals surface area (Å²) in [7, 11) is 0. The molecule has 0 bridgehead atoms. The average Bonchev–Trinajstić information content (AvgIpc) is 3.05. The third kappa shape index (κ3) is 35.8. The summed E-state index contributed by atoms with van der Waals surface area (Å²) in [5.74, 6) is -0.0340. The van der Waals surface area contributed by atoms with E-state index in [0.717, 1.165) is 5.02 Å². The summed E-state index contributed by atoms with van der Waals surface area (Å²) in [6.45, 7) is 0. The van der Waals surface area contributed by atoms with Gasteiger partial charge in [0.25, 0.3) is 5.24 Å². The van der Waals surface area contributed by atoms with Gasteiger partial charge < -0.3 is 4.70 Å². The van der Waals surface area contributed by atoms with Crippen LogP contribution in [0.25, 0.3) is 0 Å². The predicted octanol–water partition coefficient (Wildman–Crippen LogP) is 11.5. The van der Waals surface area contributed by atoms with Gasteiger partial charge in [-0.3, -0.25) is 9.59 Å². The van der Waals surface area contributed by atoms with Gasteiger partial charge in [-0.2, -0.15) is 0 Å². The van der Waals surface area contributed by atoms with E-state index in [-0.39, 0.29) is 10.5 Å². The van der Waals surface area contributed by atoms with Crippen molar-refractivity contribution in [3.8, 4) is 0 Å². The van der Waals surface area contributed by atoms with Gasteiger partial charge in [0.1, 0.15) is 0 Å². The Bertz CT molecular complexity index is 1790. The molecule has 0 aliphatic carbocycles. The summed E-state index contributed by atoms with van der Waals surface area (Å²) in [6, 6.07) is 36.0. The van der Waals surface area contributed by atoms with E-state index in [1.165, 1.54) is 0 Å². The number of benzene rings is 5. The van der Waals surface area contributed by atoms with E-state index in [9.17, 15) is 42.5 Å². The molecule has 300 valence electrons. The second-order valence-electron chi connectivity index (χ2n) is 9.31. The third-order valence-electron chi connectivity index (χ3n) is 4.98. The number of carbonyl (C=O) groups is 2. The maximum absolute atomic E-state index is 12.0. The van der Waals surface area contributed by atoms with E-state index in [1.54, 1.807) is 103 Å². The van der Waals surface area contributed by atoms with Crippen LogP contribution in [0, 0.1) is 0 Å². The molecule has 0 amide bonds. The summed E-state index contributed by atoms with van der Waals surface area (Å²) in [5, 5.41) is 2.80. The first kappa shape index (κ1) is 54.7. The molecule has 55 heavy (non-hydrogen) atoms. The second kappa shape index (κ2) is 25.1. The van der Waals surface area contributed by atoms with E-state index < -0.39 is 45.8 Å². The normalized spacial score (nSPS) is 11.3. The Morgan fingerprint density at radius 3 is 0.873 bits per heavy atom. The Morgan fingerprint density at radius 1 is 0.418 bits per heavy atom. The van der Waals surface area contributed by atoms with E-state index >= 15 is 0 Å². The molecule has 0 radical (unpaired) electrons. The van der Waals surface area contributed by atoms with Crippen LogP contribution >= 0.6 is 69.6 Å². The van der Waals surface area contributed by atoms with Crippen LogP contribution in [-0.4, -0.2) is 57.9 Å². The van der Waals surface area contributed by atoms with Gasteiger partial charge in [0.2, 0.25) is 5.56 Å². The molecule has 0 unspecified atom stereocenters. The van der Waals surface area contributed by atoms with Crippen molar-refractivity contribution in [1.29, 1.82) is 0 Å². The summed E-state index contributed by atoms with van der Waals surface area (Å²) in [6.07, 6.45) is 1.75. The first-order valence-electron chi connectivity index (χ1n) is 13.6. The first-order chi connectivity index (χ1) is 24.6. The molecule has 0 heterocycles. The van der Waals surface area contributed by atoms with Crippen molar-refractivity contribution >= 4 is 128 Å². The molecule has 0 fully saturated rings. The zero-order valence-corrected chi connectivity index (χ0v) is 36.3. The fraction of sp³-hybridized carbons (Fsp3) is 0. The molecule has 3 nitrogen and oxygen atoms in total. The van der Waals surface area contributed by atoms with Crippen molar-refractivity contribution in [2.45, 2.75) is 0 Å². The van der Waals surface area contributed by atoms with Gasteiger partial charge in [-0.1, -0.05) is 76.2 Å². The number of hydrogen-bond acceptors (Lipinski definition) is 3. The van der Waals surface area contributed by atoms with Gasteiger partial charge in [0.15, 0.2) is 5.78 Å². The van der Waals surface area contributed by atoms with Crippen LogP contribution in [0.2, 0.25) is 25.1 Å². The van der Waals surface area contributed by atoms with Crippen LogP contribution in [0.5, 0.6) is 0 Å². The molecular weight excluding hydrogens is 1110 g/mol. The van der Waals surface area contributed by atoms with Crippen molar-refractivity contribution in [3.63, 3.8) is 0 Å². The summed E-state index contributed by atoms with van der Waals surface area (Å²) in [5.41, 5.74) is 2.23. The molecule has 0 atom stereocenters. The Morgan fingerprint density at radius 2 is 0.655 bits per heavy atom. The molecule has 5 aromatic carbocycles. The molecule has 0 spiro atoms. The van der Waals surface area contributed by atoms with Crippen molar-refractivity contribution in [2.24, 2.45) is 0 Å². The Hall–Kier alpha value is -2.37. The van der Waals surface area contributed by atoms with Gasteiger partial charge in [-0.25, -0.2) is 0 Å². The van der Waals surface area contributed by atoms with Gasteiger partial charge in [0, 0.05) is 48.9 Å². The summed E-state index contributed by atoms with van der Waals surface area (Å²) >= 11 is 14.9. The Balaban J connectivity index is 0. The van der Waals surface area contributed by atoms with E-state index in [1.807, 2.05) is 30.3 Å². The van der Waals surface area contributed by atoms with E-state index in [2.05, 4.69) is 0 Å². The number of halogens is 17.